The van der Waals surface area contributed by atoms with Gasteiger partial charge in [-0.1, -0.05) is 18.2 Å². The summed E-state index contributed by atoms with van der Waals surface area (Å²) in [4.78, 5) is 14.9. The topological polar surface area (TPSA) is 45.1 Å². The molecule has 1 aromatic heterocycles. The van der Waals surface area contributed by atoms with Crippen molar-refractivity contribution >= 4 is 22.6 Å². The number of para-hydroxylation sites is 1. The van der Waals surface area contributed by atoms with Crippen LogP contribution in [0, 0.1) is 0 Å². The number of esters is 1. The van der Waals surface area contributed by atoms with Gasteiger partial charge >= 0.3 is 5.97 Å². The molecule has 0 spiro atoms. The van der Waals surface area contributed by atoms with Crippen molar-refractivity contribution in [2.45, 2.75) is 32.6 Å². The third-order valence-corrected chi connectivity index (χ3v) is 4.52. The molecule has 0 unspecified atom stereocenters. The van der Waals surface area contributed by atoms with Crippen molar-refractivity contribution < 1.29 is 38.1 Å². The second kappa shape index (κ2) is 7.95. The number of aromatic nitrogens is 1. The molecule has 0 atom stereocenters. The number of carbonyl (C=O) groups is 1. The van der Waals surface area contributed by atoms with Gasteiger partial charge in [0.1, 0.15) is 18.8 Å². The Labute approximate surface area is 153 Å². The molecule has 0 radical (unpaired) electrons. The maximum absolute atomic E-state index is 11.3. The second-order valence-corrected chi connectivity index (χ2v) is 5.73. The van der Waals surface area contributed by atoms with Gasteiger partial charge in [-0.15, -0.1) is 0 Å². The molecule has 1 N–H and O–H groups in total. The molecular formula is C18H23IN2O2. The van der Waals surface area contributed by atoms with Crippen molar-refractivity contribution in [2.75, 3.05) is 20.2 Å². The molecule has 3 rings (SSSR count). The molecule has 5 heteroatoms. The van der Waals surface area contributed by atoms with Gasteiger partial charge in [0.25, 0.3) is 0 Å². The molecule has 4 nitrogen and oxygen atoms in total. The zero-order valence-electron chi connectivity index (χ0n) is 13.7. The first-order valence-corrected chi connectivity index (χ1v) is 8.02. The van der Waals surface area contributed by atoms with Gasteiger partial charge in [0.05, 0.1) is 7.11 Å². The van der Waals surface area contributed by atoms with Gasteiger partial charge < -0.3 is 33.7 Å². The van der Waals surface area contributed by atoms with Crippen molar-refractivity contribution in [3.8, 4) is 0 Å². The zero-order valence-corrected chi connectivity index (χ0v) is 15.9. The molecule has 23 heavy (non-hydrogen) atoms. The van der Waals surface area contributed by atoms with Crippen LogP contribution >= 0.6 is 0 Å². The molecule has 124 valence electrons. The van der Waals surface area contributed by atoms with Crippen LogP contribution in [0.5, 0.6) is 0 Å². The van der Waals surface area contributed by atoms with Gasteiger partial charge in [0.15, 0.2) is 5.71 Å². The monoisotopic (exact) mass is 426 g/mol. The Kier molecular flexibility index (Phi) is 6.21. The fraction of sp³-hybridized carbons (Fsp3) is 0.444. The Bertz CT molecular complexity index is 734. The highest BCUT2D eigenvalue weighted by Crippen LogP contribution is 2.27. The van der Waals surface area contributed by atoms with Crippen molar-refractivity contribution in [1.29, 1.82) is 0 Å². The van der Waals surface area contributed by atoms with Crippen LogP contribution < -0.4 is 24.0 Å². The first-order valence-electron chi connectivity index (χ1n) is 8.02. The zero-order chi connectivity index (χ0) is 15.5. The molecule has 0 bridgehead atoms. The van der Waals surface area contributed by atoms with Crippen LogP contribution in [-0.4, -0.2) is 41.4 Å². The lowest BCUT2D eigenvalue weighted by Crippen LogP contribution is -3.00. The van der Waals surface area contributed by atoms with Gasteiger partial charge in [0, 0.05) is 30.2 Å². The van der Waals surface area contributed by atoms with Crippen molar-refractivity contribution in [1.82, 2.24) is 4.98 Å². The number of rotatable bonds is 5. The van der Waals surface area contributed by atoms with Crippen molar-refractivity contribution in [3.63, 3.8) is 0 Å². The molecule has 1 aliphatic rings. The smallest absolute Gasteiger partial charge is 0.305 e. The minimum absolute atomic E-state index is 0. The van der Waals surface area contributed by atoms with E-state index in [1.54, 1.807) is 0 Å². The Hall–Kier alpha value is -1.37. The van der Waals surface area contributed by atoms with E-state index >= 15 is 0 Å². The number of benzene rings is 1. The standard InChI is InChI=1S/C18H22N2O2.HI/c1-3-20-12-11-14-13-7-4-5-8-15(13)19-18(14)16(20)9-6-10-17(21)22-2;/h4-5,7-8H,3,6,9-12H2,1-2H3;1H. The Morgan fingerprint density at radius 2 is 2.13 bits per heavy atom. The first-order chi connectivity index (χ1) is 10.7. The first kappa shape index (κ1) is 18.0. The fourth-order valence-corrected chi connectivity index (χ4v) is 3.38. The molecule has 0 saturated heterocycles. The third kappa shape index (κ3) is 3.59. The normalized spacial score (nSPS) is 13.7. The molecule has 0 aliphatic carbocycles. The van der Waals surface area contributed by atoms with Gasteiger partial charge in [0.2, 0.25) is 0 Å². The summed E-state index contributed by atoms with van der Waals surface area (Å²) in [6.07, 6.45) is 3.29. The van der Waals surface area contributed by atoms with E-state index in [4.69, 9.17) is 4.74 Å². The van der Waals surface area contributed by atoms with E-state index in [0.717, 1.165) is 32.4 Å². The number of likely N-dealkylation sites (N-methyl/N-ethyl adjacent to an activating group) is 1. The van der Waals surface area contributed by atoms with Crippen LogP contribution in [0.25, 0.3) is 10.9 Å². The van der Waals surface area contributed by atoms with Gasteiger partial charge in [-0.3, -0.25) is 4.79 Å². The molecule has 0 saturated carbocycles. The third-order valence-electron chi connectivity index (χ3n) is 4.52. The predicted octanol–water partition coefficient (Wildman–Crippen LogP) is -0.107. The van der Waals surface area contributed by atoms with Crippen LogP contribution in [0.1, 0.15) is 37.4 Å². The van der Waals surface area contributed by atoms with E-state index in [1.807, 2.05) is 0 Å². The minimum Gasteiger partial charge on any atom is -1.00 e. The number of fused-ring (bicyclic) bond motifs is 3. The summed E-state index contributed by atoms with van der Waals surface area (Å²) >= 11 is 0. The van der Waals surface area contributed by atoms with E-state index in [0.29, 0.717) is 6.42 Å². The lowest BCUT2D eigenvalue weighted by Gasteiger charge is -2.15. The highest BCUT2D eigenvalue weighted by Gasteiger charge is 2.27. The maximum atomic E-state index is 11.3. The summed E-state index contributed by atoms with van der Waals surface area (Å²) in [5, 5.41) is 1.33. The van der Waals surface area contributed by atoms with Crippen LogP contribution in [-0.2, 0) is 16.0 Å². The highest BCUT2D eigenvalue weighted by molar-refractivity contribution is 6.03. The number of nitrogens with zero attached hydrogens (tertiary/aromatic N) is 1. The number of methoxy groups -OCH3 is 1. The SMILES string of the molecule is CC[N+]1=C(CCCC(=O)OC)c2[nH]c3ccccc3c2CC1.[I-]. The minimum atomic E-state index is -0.128. The van der Waals surface area contributed by atoms with Crippen molar-refractivity contribution in [2.24, 2.45) is 0 Å². The van der Waals surface area contributed by atoms with Gasteiger partial charge in [-0.25, -0.2) is 4.58 Å². The molecular weight excluding hydrogens is 403 g/mol. The summed E-state index contributed by atoms with van der Waals surface area (Å²) in [7, 11) is 1.45. The van der Waals surface area contributed by atoms with Gasteiger partial charge in [-0.2, -0.15) is 0 Å². The average molecular weight is 426 g/mol. The quantitative estimate of drug-likeness (QED) is 0.412. The Morgan fingerprint density at radius 3 is 2.87 bits per heavy atom. The van der Waals surface area contributed by atoms with E-state index in [1.165, 1.54) is 35.0 Å². The molecule has 0 fully saturated rings. The number of hydrogen-bond donors (Lipinski definition) is 1. The van der Waals surface area contributed by atoms with Crippen molar-refractivity contribution in [3.05, 3.63) is 35.5 Å². The van der Waals surface area contributed by atoms with Crippen LogP contribution in [0.2, 0.25) is 0 Å². The van der Waals surface area contributed by atoms with Crippen LogP contribution in [0.3, 0.4) is 0 Å². The fourth-order valence-electron chi connectivity index (χ4n) is 3.38. The van der Waals surface area contributed by atoms with Gasteiger partial charge in [-0.05, 0) is 25.0 Å². The number of halogens is 1. The lowest BCUT2D eigenvalue weighted by atomic mass is 9.98. The summed E-state index contributed by atoms with van der Waals surface area (Å²) in [6, 6.07) is 8.49. The molecule has 0 amide bonds. The Morgan fingerprint density at radius 1 is 1.35 bits per heavy atom. The highest BCUT2D eigenvalue weighted by atomic mass is 127. The molecule has 1 aliphatic heterocycles. The maximum Gasteiger partial charge on any atom is 0.305 e. The average Bonchev–Trinajstić information content (AvgIpc) is 2.93. The second-order valence-electron chi connectivity index (χ2n) is 5.73. The summed E-state index contributed by atoms with van der Waals surface area (Å²) in [6.45, 7) is 4.25. The van der Waals surface area contributed by atoms with E-state index in [-0.39, 0.29) is 29.9 Å². The predicted molar refractivity (Wildman–Crippen MR) is 87.6 cm³/mol. The summed E-state index contributed by atoms with van der Waals surface area (Å²) in [5.74, 6) is -0.128. The lowest BCUT2D eigenvalue weighted by molar-refractivity contribution is -0.526. The number of nitrogens with one attached hydrogen (secondary N) is 1. The number of H-pyrrole nitrogens is 1. The summed E-state index contributed by atoms with van der Waals surface area (Å²) < 4.78 is 7.17. The number of hydrogen-bond acceptors (Lipinski definition) is 2. The van der Waals surface area contributed by atoms with E-state index in [9.17, 15) is 4.79 Å². The molecule has 2 aromatic rings. The van der Waals surface area contributed by atoms with Crippen LogP contribution in [0.15, 0.2) is 24.3 Å². The Balaban J connectivity index is 0.00000192. The van der Waals surface area contributed by atoms with E-state index in [2.05, 4.69) is 40.7 Å². The number of aromatic amines is 1. The molecule has 2 heterocycles. The largest absolute Gasteiger partial charge is 1.00 e. The number of ether oxygens (including phenoxy) is 1. The van der Waals surface area contributed by atoms with Crippen LogP contribution in [0.4, 0.5) is 0 Å². The molecule has 1 aromatic carbocycles. The number of carbonyl (C=O) groups excluding carboxylic acids is 1. The summed E-state index contributed by atoms with van der Waals surface area (Å²) in [5.41, 5.74) is 5.23. The van der Waals surface area contributed by atoms with E-state index < -0.39 is 0 Å².